The van der Waals surface area contributed by atoms with Gasteiger partial charge in [0.2, 0.25) is 0 Å². The average molecular weight is 367 g/mol. The van der Waals surface area contributed by atoms with E-state index in [1.807, 2.05) is 0 Å². The van der Waals surface area contributed by atoms with Gasteiger partial charge in [0.1, 0.15) is 6.54 Å². The smallest absolute Gasteiger partial charge is 0.325 e. The van der Waals surface area contributed by atoms with Crippen LogP contribution in [0, 0.1) is 23.7 Å². The molecule has 0 atom stereocenters. The summed E-state index contributed by atoms with van der Waals surface area (Å²) < 4.78 is 4.65. The molecule has 1 aliphatic rings. The van der Waals surface area contributed by atoms with Crippen molar-refractivity contribution < 1.29 is 19.1 Å². The lowest BCUT2D eigenvalue weighted by atomic mass is 10.1. The summed E-state index contributed by atoms with van der Waals surface area (Å²) in [7, 11) is 1.26. The van der Waals surface area contributed by atoms with E-state index in [9.17, 15) is 14.4 Å². The molecule has 2 bridgehead atoms. The molecule has 0 unspecified atom stereocenters. The Labute approximate surface area is 158 Å². The van der Waals surface area contributed by atoms with Crippen LogP contribution >= 0.6 is 0 Å². The van der Waals surface area contributed by atoms with E-state index in [1.165, 1.54) is 12.0 Å². The van der Waals surface area contributed by atoms with Crippen molar-refractivity contribution in [2.24, 2.45) is 0 Å². The highest BCUT2D eigenvalue weighted by Crippen LogP contribution is 2.13. The lowest BCUT2D eigenvalue weighted by Gasteiger charge is -2.19. The van der Waals surface area contributed by atoms with Crippen molar-refractivity contribution in [1.82, 2.24) is 10.2 Å². The van der Waals surface area contributed by atoms with Gasteiger partial charge in [0.05, 0.1) is 13.7 Å². The van der Waals surface area contributed by atoms with Crippen molar-refractivity contribution in [3.8, 4) is 23.7 Å². The van der Waals surface area contributed by atoms with Gasteiger partial charge in [-0.1, -0.05) is 17.9 Å². The van der Waals surface area contributed by atoms with Crippen LogP contribution in [0.2, 0.25) is 0 Å². The van der Waals surface area contributed by atoms with E-state index in [0.29, 0.717) is 24.2 Å². The number of urea groups is 1. The number of methoxy groups -OCH3 is 1. The summed E-state index contributed by atoms with van der Waals surface area (Å²) in [6.07, 6.45) is 2.32. The quantitative estimate of drug-likeness (QED) is 0.614. The first kappa shape index (κ1) is 19.9. The fourth-order valence-corrected chi connectivity index (χ4v) is 2.33. The topological polar surface area (TPSA) is 87.7 Å². The molecule has 140 valence electrons. The number of anilines is 1. The van der Waals surface area contributed by atoms with Crippen LogP contribution < -0.4 is 10.6 Å². The molecule has 1 aromatic carbocycles. The predicted octanol–water partition coefficient (Wildman–Crippen LogP) is 1.61. The molecule has 7 heteroatoms. The highest BCUT2D eigenvalue weighted by molar-refractivity contribution is 5.98. The van der Waals surface area contributed by atoms with Crippen molar-refractivity contribution in [2.75, 3.05) is 32.1 Å². The molecule has 1 aliphatic heterocycles. The van der Waals surface area contributed by atoms with Crippen LogP contribution in [0.4, 0.5) is 10.5 Å². The molecule has 0 saturated carbocycles. The number of fused-ring (bicyclic) bond motifs is 2. The second kappa shape index (κ2) is 10.5. The normalized spacial score (nSPS) is 15.1. The molecule has 0 spiro atoms. The summed E-state index contributed by atoms with van der Waals surface area (Å²) in [4.78, 5) is 37.6. The number of esters is 1. The standard InChI is InChI=1S/C20H21N3O4/c1-27-18(24)15-23-13-8-6-4-2-3-5-7-12-21-20(26)22-17-11-9-10-16(14-17)19(23)25/h9-11,14H,3,5,7,12-13,15H2,1H3,(H2,21,22,26). The molecule has 0 aliphatic carbocycles. The Balaban J connectivity index is 2.27. The number of carbonyl (C=O) groups is 3. The van der Waals surface area contributed by atoms with Crippen molar-refractivity contribution in [3.63, 3.8) is 0 Å². The Morgan fingerprint density at radius 3 is 2.85 bits per heavy atom. The highest BCUT2D eigenvalue weighted by atomic mass is 16.5. The molecular formula is C20H21N3O4. The fraction of sp³-hybridized carbons (Fsp3) is 0.350. The number of ether oxygens (including phenoxy) is 1. The maximum absolute atomic E-state index is 12.8. The Hall–Kier alpha value is -3.45. The van der Waals surface area contributed by atoms with Crippen molar-refractivity contribution in [3.05, 3.63) is 29.8 Å². The van der Waals surface area contributed by atoms with E-state index in [-0.39, 0.29) is 19.1 Å². The first-order valence-electron chi connectivity index (χ1n) is 8.57. The number of hydrogen-bond donors (Lipinski definition) is 2. The summed E-state index contributed by atoms with van der Waals surface area (Å²) in [5.74, 6) is 10.2. The first-order chi connectivity index (χ1) is 13.1. The second-order valence-electron chi connectivity index (χ2n) is 5.76. The van der Waals surface area contributed by atoms with Crippen LogP contribution in [0.5, 0.6) is 0 Å². The van der Waals surface area contributed by atoms with E-state index >= 15 is 0 Å². The Kier molecular flexibility index (Phi) is 7.74. The van der Waals surface area contributed by atoms with E-state index in [2.05, 4.69) is 39.1 Å². The molecule has 0 saturated heterocycles. The molecule has 2 N–H and O–H groups in total. The van der Waals surface area contributed by atoms with Gasteiger partial charge in [0.25, 0.3) is 5.91 Å². The Morgan fingerprint density at radius 2 is 2.04 bits per heavy atom. The molecule has 0 radical (unpaired) electrons. The number of benzene rings is 1. The van der Waals surface area contributed by atoms with Crippen LogP contribution in [-0.2, 0) is 9.53 Å². The maximum atomic E-state index is 12.8. The third kappa shape index (κ3) is 6.75. The van der Waals surface area contributed by atoms with Crippen LogP contribution in [0.25, 0.3) is 0 Å². The molecule has 27 heavy (non-hydrogen) atoms. The zero-order valence-electron chi connectivity index (χ0n) is 15.1. The van der Waals surface area contributed by atoms with Gasteiger partial charge in [-0.3, -0.25) is 9.59 Å². The number of rotatable bonds is 2. The monoisotopic (exact) mass is 367 g/mol. The summed E-state index contributed by atoms with van der Waals surface area (Å²) in [6.45, 7) is 0.348. The molecule has 2 rings (SSSR count). The molecular weight excluding hydrogens is 346 g/mol. The number of nitrogens with one attached hydrogen (secondary N) is 2. The largest absolute Gasteiger partial charge is 0.468 e. The van der Waals surface area contributed by atoms with Crippen molar-refractivity contribution >= 4 is 23.6 Å². The molecule has 0 fully saturated rings. The lowest BCUT2D eigenvalue weighted by Crippen LogP contribution is -2.36. The van der Waals surface area contributed by atoms with Crippen LogP contribution in [0.15, 0.2) is 24.3 Å². The lowest BCUT2D eigenvalue weighted by molar-refractivity contribution is -0.141. The highest BCUT2D eigenvalue weighted by Gasteiger charge is 2.19. The predicted molar refractivity (Wildman–Crippen MR) is 101 cm³/mol. The first-order valence-corrected chi connectivity index (χ1v) is 8.57. The Morgan fingerprint density at radius 1 is 1.22 bits per heavy atom. The molecule has 1 heterocycles. The van der Waals surface area contributed by atoms with Gasteiger partial charge < -0.3 is 20.3 Å². The van der Waals surface area contributed by atoms with Gasteiger partial charge in [0.15, 0.2) is 0 Å². The van der Waals surface area contributed by atoms with E-state index in [1.54, 1.807) is 24.3 Å². The number of carbonyl (C=O) groups excluding carboxylic acids is 3. The third-order valence-electron chi connectivity index (χ3n) is 3.73. The van der Waals surface area contributed by atoms with Crippen LogP contribution in [-0.4, -0.2) is 49.6 Å². The number of hydrogen-bond acceptors (Lipinski definition) is 4. The molecule has 3 amide bonds. The Bertz CT molecular complexity index is 827. The third-order valence-corrected chi connectivity index (χ3v) is 3.73. The fourth-order valence-electron chi connectivity index (χ4n) is 2.33. The molecule has 7 nitrogen and oxygen atoms in total. The van der Waals surface area contributed by atoms with Gasteiger partial charge in [-0.05, 0) is 42.9 Å². The van der Waals surface area contributed by atoms with Crippen LogP contribution in [0.3, 0.4) is 0 Å². The SMILES string of the molecule is COC(=O)CN1CC#CC#CCCCCNC(=O)Nc2cccc(c2)C1=O. The summed E-state index contributed by atoms with van der Waals surface area (Å²) >= 11 is 0. The summed E-state index contributed by atoms with van der Waals surface area (Å²) in [6, 6.07) is 6.16. The maximum Gasteiger partial charge on any atom is 0.325 e. The summed E-state index contributed by atoms with van der Waals surface area (Å²) in [5.41, 5.74) is 0.809. The van der Waals surface area contributed by atoms with Gasteiger partial charge >= 0.3 is 12.0 Å². The molecule has 1 aromatic rings. The van der Waals surface area contributed by atoms with Crippen molar-refractivity contribution in [2.45, 2.75) is 19.3 Å². The minimum atomic E-state index is -0.546. The van der Waals surface area contributed by atoms with Gasteiger partial charge in [-0.25, -0.2) is 4.79 Å². The zero-order valence-corrected chi connectivity index (χ0v) is 15.1. The second-order valence-corrected chi connectivity index (χ2v) is 5.76. The van der Waals surface area contributed by atoms with Crippen molar-refractivity contribution in [1.29, 1.82) is 0 Å². The van der Waals surface area contributed by atoms with E-state index < -0.39 is 11.9 Å². The summed E-state index contributed by atoms with van der Waals surface area (Å²) in [5, 5.41) is 5.45. The van der Waals surface area contributed by atoms with Crippen LogP contribution in [0.1, 0.15) is 29.6 Å². The van der Waals surface area contributed by atoms with Gasteiger partial charge in [-0.15, -0.1) is 0 Å². The van der Waals surface area contributed by atoms with Gasteiger partial charge in [-0.2, -0.15) is 0 Å². The van der Waals surface area contributed by atoms with E-state index in [4.69, 9.17) is 0 Å². The number of amides is 3. The number of nitrogens with zero attached hydrogens (tertiary/aromatic N) is 1. The zero-order chi connectivity index (χ0) is 19.5. The van der Waals surface area contributed by atoms with Gasteiger partial charge in [0, 0.05) is 24.2 Å². The average Bonchev–Trinajstić information content (AvgIpc) is 2.67. The minimum absolute atomic E-state index is 0.0424. The molecule has 0 aromatic heterocycles. The van der Waals surface area contributed by atoms with E-state index in [0.717, 1.165) is 12.8 Å². The minimum Gasteiger partial charge on any atom is -0.468 e.